The molecule has 1 amide bonds. The Kier molecular flexibility index (Phi) is 8.22. The average molecular weight is 617 g/mol. The third kappa shape index (κ3) is 6.28. The predicted molar refractivity (Wildman–Crippen MR) is 172 cm³/mol. The van der Waals surface area contributed by atoms with Gasteiger partial charge in [-0.1, -0.05) is 72.3 Å². The topological polar surface area (TPSA) is 93.9 Å². The van der Waals surface area contributed by atoms with Crippen molar-refractivity contribution in [3.05, 3.63) is 125 Å². The molecule has 1 aliphatic carbocycles. The number of ketones is 1. The summed E-state index contributed by atoms with van der Waals surface area (Å²) in [5.41, 5.74) is 7.40. The summed E-state index contributed by atoms with van der Waals surface area (Å²) in [5, 5.41) is 12.3. The molecule has 3 heterocycles. The van der Waals surface area contributed by atoms with Crippen LogP contribution in [0.4, 0.5) is 0 Å². The fourth-order valence-electron chi connectivity index (χ4n) is 6.61. The first-order chi connectivity index (χ1) is 22.0. The molecule has 8 nitrogen and oxygen atoms in total. The van der Waals surface area contributed by atoms with Crippen LogP contribution in [0, 0.1) is 5.92 Å². The molecule has 0 radical (unpaired) electrons. The molecule has 1 aliphatic heterocycles. The van der Waals surface area contributed by atoms with E-state index in [0.29, 0.717) is 23.8 Å². The Labute approximate surface area is 267 Å². The van der Waals surface area contributed by atoms with Gasteiger partial charge in [0.1, 0.15) is 12.1 Å². The van der Waals surface area contributed by atoms with Crippen LogP contribution in [0.2, 0.25) is 5.02 Å². The van der Waals surface area contributed by atoms with E-state index in [2.05, 4.69) is 76.2 Å². The van der Waals surface area contributed by atoms with E-state index in [1.807, 2.05) is 35.4 Å². The lowest BCUT2D eigenvalue weighted by Gasteiger charge is -2.36. The van der Waals surface area contributed by atoms with E-state index in [0.717, 1.165) is 54.9 Å². The van der Waals surface area contributed by atoms with Crippen LogP contribution < -0.4 is 0 Å². The third-order valence-corrected chi connectivity index (χ3v) is 9.42. The van der Waals surface area contributed by atoms with Crippen LogP contribution in [0.3, 0.4) is 0 Å². The van der Waals surface area contributed by atoms with Crippen molar-refractivity contribution >= 4 is 23.3 Å². The molecule has 3 aromatic carbocycles. The van der Waals surface area contributed by atoms with Crippen molar-refractivity contribution in [1.29, 1.82) is 0 Å². The molecule has 5 aromatic rings. The molecule has 0 spiro atoms. The minimum Gasteiger partial charge on any atom is -0.342 e. The third-order valence-electron chi connectivity index (χ3n) is 9.18. The molecule has 0 unspecified atom stereocenters. The van der Waals surface area contributed by atoms with Gasteiger partial charge in [-0.25, -0.2) is 0 Å². The van der Waals surface area contributed by atoms with Gasteiger partial charge in [-0.05, 0) is 76.6 Å². The number of rotatable bonds is 8. The first kappa shape index (κ1) is 29.0. The molecule has 0 bridgehead atoms. The maximum Gasteiger partial charge on any atom is 0.226 e. The van der Waals surface area contributed by atoms with Crippen molar-refractivity contribution < 1.29 is 9.59 Å². The summed E-state index contributed by atoms with van der Waals surface area (Å²) < 4.78 is 1.62. The number of hydrogen-bond donors (Lipinski definition) is 0. The van der Waals surface area contributed by atoms with E-state index < -0.39 is 0 Å². The molecule has 2 fully saturated rings. The zero-order valence-corrected chi connectivity index (χ0v) is 25.6. The Morgan fingerprint density at radius 3 is 2.47 bits per heavy atom. The highest BCUT2D eigenvalue weighted by molar-refractivity contribution is 6.31. The highest BCUT2D eigenvalue weighted by Crippen LogP contribution is 2.36. The summed E-state index contributed by atoms with van der Waals surface area (Å²) in [6.45, 7) is 1.48. The highest BCUT2D eigenvalue weighted by atomic mass is 35.5. The summed E-state index contributed by atoms with van der Waals surface area (Å²) in [5.74, 6) is 0.699. The summed E-state index contributed by atoms with van der Waals surface area (Å²) in [6.07, 6.45) is 6.96. The molecular weight excluding hydrogens is 584 g/mol. The minimum atomic E-state index is -0.0972. The van der Waals surface area contributed by atoms with Gasteiger partial charge in [-0.2, -0.15) is 4.68 Å². The Morgan fingerprint density at radius 2 is 1.76 bits per heavy atom. The first-order valence-electron chi connectivity index (χ1n) is 15.5. The summed E-state index contributed by atoms with van der Waals surface area (Å²) in [4.78, 5) is 31.2. The first-order valence-corrected chi connectivity index (χ1v) is 15.8. The van der Waals surface area contributed by atoms with Crippen LogP contribution in [-0.4, -0.2) is 54.9 Å². The number of aromatic nitrogens is 5. The zero-order valence-electron chi connectivity index (χ0n) is 24.8. The molecule has 1 saturated heterocycles. The van der Waals surface area contributed by atoms with Gasteiger partial charge >= 0.3 is 0 Å². The lowest BCUT2D eigenvalue weighted by atomic mass is 9.81. The van der Waals surface area contributed by atoms with Gasteiger partial charge < -0.3 is 4.90 Å². The van der Waals surface area contributed by atoms with E-state index in [-0.39, 0.29) is 23.5 Å². The molecule has 1 saturated carbocycles. The maximum atomic E-state index is 12.8. The van der Waals surface area contributed by atoms with Crippen LogP contribution in [0.25, 0.3) is 16.8 Å². The number of carbonyl (C=O) groups is 2. The zero-order chi connectivity index (χ0) is 30.8. The summed E-state index contributed by atoms with van der Waals surface area (Å²) in [6, 6.07) is 29.3. The van der Waals surface area contributed by atoms with E-state index in [9.17, 15) is 9.59 Å². The van der Waals surface area contributed by atoms with Crippen molar-refractivity contribution in [3.63, 3.8) is 0 Å². The van der Waals surface area contributed by atoms with Crippen LogP contribution in [0.1, 0.15) is 59.9 Å². The van der Waals surface area contributed by atoms with Crippen molar-refractivity contribution in [3.8, 4) is 16.8 Å². The number of benzene rings is 3. The molecule has 2 aromatic heterocycles. The highest BCUT2D eigenvalue weighted by Gasteiger charge is 2.36. The quantitative estimate of drug-likeness (QED) is 0.199. The largest absolute Gasteiger partial charge is 0.342 e. The number of piperidine rings is 1. The van der Waals surface area contributed by atoms with Gasteiger partial charge in [0.05, 0.1) is 11.6 Å². The minimum absolute atomic E-state index is 0.0533. The number of halogens is 1. The maximum absolute atomic E-state index is 12.8. The number of hydrogen-bond acceptors (Lipinski definition) is 6. The van der Waals surface area contributed by atoms with Gasteiger partial charge in [0, 0.05) is 59.9 Å². The molecule has 2 aliphatic rings. The van der Waals surface area contributed by atoms with Crippen LogP contribution >= 0.6 is 11.6 Å². The number of likely N-dealkylation sites (tertiary alicyclic amines) is 1. The van der Waals surface area contributed by atoms with E-state index in [4.69, 9.17) is 16.6 Å². The Balaban J connectivity index is 1.15. The Hall–Kier alpha value is -4.69. The standard InChI is InChI=1S/C36H33ClN6O2/c37-30-10-12-35(43-23-39-40-41-43)33(21-30)28-9-11-34(38-22-28)32(17-24-5-2-1-3-6-24)27-8-4-7-26(18-27)25-13-15-42(16-14-25)36(45)29-19-31(44)20-29/h1-12,18,21-23,25,29,32H,13-17,19-20H2/t32-/m0/s1. The number of Topliss-reactive ketones (excluding diaryl/α,β-unsaturated/α-hetero) is 1. The number of nitrogens with zero attached hydrogens (tertiary/aromatic N) is 6. The molecular formula is C36H33ClN6O2. The smallest absolute Gasteiger partial charge is 0.226 e. The Morgan fingerprint density at radius 1 is 0.933 bits per heavy atom. The fourth-order valence-corrected chi connectivity index (χ4v) is 6.78. The van der Waals surface area contributed by atoms with Crippen molar-refractivity contribution in [2.24, 2.45) is 5.92 Å². The monoisotopic (exact) mass is 616 g/mol. The predicted octanol–water partition coefficient (Wildman–Crippen LogP) is 6.44. The van der Waals surface area contributed by atoms with Gasteiger partial charge in [0.25, 0.3) is 0 Å². The number of carbonyl (C=O) groups excluding carboxylic acids is 2. The second-order valence-electron chi connectivity index (χ2n) is 12.0. The molecule has 0 N–H and O–H groups in total. The molecule has 226 valence electrons. The van der Waals surface area contributed by atoms with Gasteiger partial charge in [0.15, 0.2) is 0 Å². The lowest BCUT2D eigenvalue weighted by Crippen LogP contribution is -2.45. The molecule has 1 atom stereocenters. The fraction of sp³-hybridized carbons (Fsp3) is 0.278. The normalized spacial score (nSPS) is 16.4. The van der Waals surface area contributed by atoms with Gasteiger partial charge in [0.2, 0.25) is 5.91 Å². The summed E-state index contributed by atoms with van der Waals surface area (Å²) >= 11 is 6.40. The SMILES string of the molecule is O=C1CC(C(=O)N2CCC(c3cccc([C@H](Cc4ccccc4)c4ccc(-c5cc(Cl)ccc5-n5cnnn5)cn4)c3)CC2)C1. The summed E-state index contributed by atoms with van der Waals surface area (Å²) in [7, 11) is 0. The van der Waals surface area contributed by atoms with Crippen molar-refractivity contribution in [1.82, 2.24) is 30.1 Å². The number of pyridine rings is 1. The lowest BCUT2D eigenvalue weighted by molar-refractivity contribution is -0.145. The molecule has 45 heavy (non-hydrogen) atoms. The van der Waals surface area contributed by atoms with E-state index in [1.165, 1.54) is 16.7 Å². The van der Waals surface area contributed by atoms with Gasteiger partial charge in [-0.3, -0.25) is 14.6 Å². The second-order valence-corrected chi connectivity index (χ2v) is 12.5. The van der Waals surface area contributed by atoms with E-state index in [1.54, 1.807) is 11.0 Å². The van der Waals surface area contributed by atoms with Crippen molar-refractivity contribution in [2.45, 2.75) is 43.9 Å². The van der Waals surface area contributed by atoms with Crippen molar-refractivity contribution in [2.75, 3.05) is 13.1 Å². The Bertz CT molecular complexity index is 1790. The van der Waals surface area contributed by atoms with E-state index >= 15 is 0 Å². The van der Waals surface area contributed by atoms with Crippen LogP contribution in [0.15, 0.2) is 97.5 Å². The number of amides is 1. The second kappa shape index (κ2) is 12.7. The van der Waals surface area contributed by atoms with Crippen LogP contribution in [-0.2, 0) is 16.0 Å². The van der Waals surface area contributed by atoms with Gasteiger partial charge in [-0.15, -0.1) is 5.10 Å². The number of tetrazole rings is 1. The van der Waals surface area contributed by atoms with Crippen LogP contribution in [0.5, 0.6) is 0 Å². The molecule has 9 heteroatoms. The molecule has 7 rings (SSSR count). The average Bonchev–Trinajstić information content (AvgIpc) is 3.61.